The Balaban J connectivity index is 2.45. The van der Waals surface area contributed by atoms with Crippen molar-refractivity contribution in [3.8, 4) is 0 Å². The Morgan fingerprint density at radius 1 is 1.15 bits per heavy atom. The van der Waals surface area contributed by atoms with Crippen molar-refractivity contribution in [2.75, 3.05) is 0 Å². The lowest BCUT2D eigenvalue weighted by molar-refractivity contribution is -0.125. The van der Waals surface area contributed by atoms with Crippen LogP contribution in [0.3, 0.4) is 0 Å². The Hall–Kier alpha value is -0.570. The molecular formula is C17H34N2O. The van der Waals surface area contributed by atoms with Crippen LogP contribution in [0, 0.1) is 16.7 Å². The molecule has 3 nitrogen and oxygen atoms in total. The second-order valence-electron chi connectivity index (χ2n) is 8.24. The SMILES string of the molecule is CCC(C)(C)C1CCC(NC(=O)[C@@H](N)C(C)(C)C)CC1. The van der Waals surface area contributed by atoms with Gasteiger partial charge in [-0.2, -0.15) is 0 Å². The van der Waals surface area contributed by atoms with E-state index < -0.39 is 6.04 Å². The van der Waals surface area contributed by atoms with Crippen molar-refractivity contribution in [3.63, 3.8) is 0 Å². The lowest BCUT2D eigenvalue weighted by atomic mass is 9.69. The number of hydrogen-bond acceptors (Lipinski definition) is 2. The first-order valence-corrected chi connectivity index (χ1v) is 8.14. The fourth-order valence-electron chi connectivity index (χ4n) is 2.99. The molecule has 0 bridgehead atoms. The third-order valence-corrected chi connectivity index (χ3v) is 5.31. The maximum atomic E-state index is 12.2. The Morgan fingerprint density at radius 2 is 1.65 bits per heavy atom. The average Bonchev–Trinajstić information content (AvgIpc) is 2.37. The van der Waals surface area contributed by atoms with Gasteiger partial charge in [0.1, 0.15) is 0 Å². The number of amides is 1. The van der Waals surface area contributed by atoms with Gasteiger partial charge in [-0.3, -0.25) is 4.79 Å². The number of nitrogens with two attached hydrogens (primary N) is 1. The van der Waals surface area contributed by atoms with Gasteiger partial charge in [0.05, 0.1) is 6.04 Å². The molecule has 0 spiro atoms. The molecule has 1 aliphatic carbocycles. The van der Waals surface area contributed by atoms with Crippen molar-refractivity contribution in [2.45, 2.75) is 85.7 Å². The van der Waals surface area contributed by atoms with E-state index in [0.717, 1.165) is 18.8 Å². The summed E-state index contributed by atoms with van der Waals surface area (Å²) in [6, 6.07) is -0.105. The number of carbonyl (C=O) groups is 1. The van der Waals surface area contributed by atoms with E-state index in [-0.39, 0.29) is 11.3 Å². The summed E-state index contributed by atoms with van der Waals surface area (Å²) >= 11 is 0. The van der Waals surface area contributed by atoms with Crippen LogP contribution in [0.4, 0.5) is 0 Å². The topological polar surface area (TPSA) is 55.1 Å². The summed E-state index contributed by atoms with van der Waals surface area (Å²) in [5.74, 6) is 0.799. The molecular weight excluding hydrogens is 248 g/mol. The normalized spacial score (nSPS) is 26.1. The molecule has 118 valence electrons. The first-order chi connectivity index (χ1) is 9.08. The van der Waals surface area contributed by atoms with Crippen molar-refractivity contribution < 1.29 is 4.79 Å². The third kappa shape index (κ3) is 4.47. The molecule has 1 saturated carbocycles. The highest BCUT2D eigenvalue weighted by Gasteiger charge is 2.34. The minimum absolute atomic E-state index is 0.00991. The van der Waals surface area contributed by atoms with E-state index in [1.54, 1.807) is 0 Å². The lowest BCUT2D eigenvalue weighted by Gasteiger charge is -2.39. The van der Waals surface area contributed by atoms with Gasteiger partial charge in [0.15, 0.2) is 0 Å². The minimum atomic E-state index is -0.424. The molecule has 0 radical (unpaired) electrons. The standard InChI is InChI=1S/C17H34N2O/c1-7-17(5,6)12-8-10-13(11-9-12)19-15(20)14(18)16(2,3)4/h12-14H,7-11,18H2,1-6H3,(H,19,20)/t12?,13?,14-/m1/s1. The van der Waals surface area contributed by atoms with E-state index in [1.807, 2.05) is 20.8 Å². The molecule has 1 atom stereocenters. The molecule has 1 rings (SSSR count). The summed E-state index contributed by atoms with van der Waals surface area (Å²) in [7, 11) is 0. The van der Waals surface area contributed by atoms with Gasteiger partial charge in [0, 0.05) is 6.04 Å². The number of carbonyl (C=O) groups excluding carboxylic acids is 1. The first-order valence-electron chi connectivity index (χ1n) is 8.14. The van der Waals surface area contributed by atoms with Gasteiger partial charge >= 0.3 is 0 Å². The molecule has 20 heavy (non-hydrogen) atoms. The van der Waals surface area contributed by atoms with Crippen LogP contribution in [-0.4, -0.2) is 18.0 Å². The van der Waals surface area contributed by atoms with Crippen molar-refractivity contribution >= 4 is 5.91 Å². The Labute approximate surface area is 125 Å². The van der Waals surface area contributed by atoms with Crippen molar-refractivity contribution in [1.29, 1.82) is 0 Å². The predicted molar refractivity (Wildman–Crippen MR) is 85.4 cm³/mol. The first kappa shape index (κ1) is 17.5. The number of nitrogens with one attached hydrogen (secondary N) is 1. The highest BCUT2D eigenvalue weighted by Crippen LogP contribution is 2.40. The molecule has 0 heterocycles. The van der Waals surface area contributed by atoms with E-state index in [0.29, 0.717) is 11.5 Å². The molecule has 1 aliphatic rings. The lowest BCUT2D eigenvalue weighted by Crippen LogP contribution is -2.52. The van der Waals surface area contributed by atoms with E-state index in [4.69, 9.17) is 5.73 Å². The van der Waals surface area contributed by atoms with Gasteiger partial charge in [0.2, 0.25) is 5.91 Å². The molecule has 3 heteroatoms. The van der Waals surface area contributed by atoms with E-state index in [9.17, 15) is 4.79 Å². The van der Waals surface area contributed by atoms with Gasteiger partial charge in [-0.15, -0.1) is 0 Å². The maximum absolute atomic E-state index is 12.2. The Bertz CT molecular complexity index is 322. The second kappa shape index (κ2) is 6.46. The largest absolute Gasteiger partial charge is 0.352 e. The molecule has 0 aromatic carbocycles. The van der Waals surface area contributed by atoms with Crippen molar-refractivity contribution in [3.05, 3.63) is 0 Å². The van der Waals surface area contributed by atoms with Crippen LogP contribution in [0.5, 0.6) is 0 Å². The van der Waals surface area contributed by atoms with Crippen LogP contribution in [0.25, 0.3) is 0 Å². The van der Waals surface area contributed by atoms with Gasteiger partial charge < -0.3 is 11.1 Å². The van der Waals surface area contributed by atoms with Crippen molar-refractivity contribution in [1.82, 2.24) is 5.32 Å². The molecule has 0 saturated heterocycles. The Kier molecular flexibility index (Phi) is 5.65. The molecule has 0 unspecified atom stereocenters. The molecule has 0 aromatic rings. The predicted octanol–water partition coefficient (Wildman–Crippen LogP) is 3.47. The molecule has 0 aromatic heterocycles. The summed E-state index contributed by atoms with van der Waals surface area (Å²) in [5.41, 5.74) is 6.27. The maximum Gasteiger partial charge on any atom is 0.237 e. The zero-order valence-corrected chi connectivity index (χ0v) is 14.3. The fraction of sp³-hybridized carbons (Fsp3) is 0.941. The number of rotatable bonds is 4. The van der Waals surface area contributed by atoms with Crippen LogP contribution in [0.2, 0.25) is 0 Å². The number of hydrogen-bond donors (Lipinski definition) is 2. The molecule has 0 aliphatic heterocycles. The van der Waals surface area contributed by atoms with Gasteiger partial charge in [-0.05, 0) is 42.4 Å². The van der Waals surface area contributed by atoms with E-state index in [1.165, 1.54) is 19.3 Å². The zero-order valence-electron chi connectivity index (χ0n) is 14.3. The molecule has 1 fully saturated rings. The summed E-state index contributed by atoms with van der Waals surface area (Å²) in [6.45, 7) is 13.0. The van der Waals surface area contributed by atoms with Crippen LogP contribution < -0.4 is 11.1 Å². The van der Waals surface area contributed by atoms with Crippen LogP contribution in [0.15, 0.2) is 0 Å². The highest BCUT2D eigenvalue weighted by atomic mass is 16.2. The molecule has 3 N–H and O–H groups in total. The van der Waals surface area contributed by atoms with Crippen LogP contribution in [-0.2, 0) is 4.79 Å². The second-order valence-corrected chi connectivity index (χ2v) is 8.24. The van der Waals surface area contributed by atoms with E-state index in [2.05, 4.69) is 26.1 Å². The monoisotopic (exact) mass is 282 g/mol. The van der Waals surface area contributed by atoms with Gasteiger partial charge in [-0.1, -0.05) is 48.0 Å². The summed E-state index contributed by atoms with van der Waals surface area (Å²) in [6.07, 6.45) is 5.85. The zero-order chi connectivity index (χ0) is 15.6. The van der Waals surface area contributed by atoms with Gasteiger partial charge in [0.25, 0.3) is 0 Å². The van der Waals surface area contributed by atoms with Gasteiger partial charge in [-0.25, -0.2) is 0 Å². The third-order valence-electron chi connectivity index (χ3n) is 5.31. The van der Waals surface area contributed by atoms with E-state index >= 15 is 0 Å². The van der Waals surface area contributed by atoms with Crippen LogP contribution >= 0.6 is 0 Å². The van der Waals surface area contributed by atoms with Crippen LogP contribution in [0.1, 0.15) is 73.6 Å². The van der Waals surface area contributed by atoms with Crippen molar-refractivity contribution in [2.24, 2.45) is 22.5 Å². The summed E-state index contributed by atoms with van der Waals surface area (Å²) in [4.78, 5) is 12.2. The molecule has 1 amide bonds. The smallest absolute Gasteiger partial charge is 0.237 e. The summed E-state index contributed by atoms with van der Waals surface area (Å²) < 4.78 is 0. The summed E-state index contributed by atoms with van der Waals surface area (Å²) in [5, 5.41) is 3.15. The average molecular weight is 282 g/mol. The fourth-order valence-corrected chi connectivity index (χ4v) is 2.99. The highest BCUT2D eigenvalue weighted by molar-refractivity contribution is 5.82. The minimum Gasteiger partial charge on any atom is -0.352 e. The quantitative estimate of drug-likeness (QED) is 0.829. The Morgan fingerprint density at radius 3 is 2.05 bits per heavy atom.